The van der Waals surface area contributed by atoms with Crippen LogP contribution in [0.1, 0.15) is 24.5 Å². The third-order valence-corrected chi connectivity index (χ3v) is 5.08. The van der Waals surface area contributed by atoms with Crippen LogP contribution in [0.5, 0.6) is 0 Å². The monoisotopic (exact) mass is 385 g/mol. The van der Waals surface area contributed by atoms with Crippen LogP contribution in [-0.4, -0.2) is 29.3 Å². The molecule has 0 spiro atoms. The molecule has 3 rings (SSSR count). The summed E-state index contributed by atoms with van der Waals surface area (Å²) in [6.45, 7) is 1.70. The average molecular weight is 386 g/mol. The van der Waals surface area contributed by atoms with Crippen molar-refractivity contribution in [3.8, 4) is 0 Å². The first-order chi connectivity index (χ1) is 13.0. The van der Waals surface area contributed by atoms with Crippen LogP contribution in [0.3, 0.4) is 0 Å². The van der Waals surface area contributed by atoms with Crippen molar-refractivity contribution in [3.63, 3.8) is 0 Å². The first-order valence-corrected chi connectivity index (χ1v) is 9.05. The highest BCUT2D eigenvalue weighted by Gasteiger charge is 2.51. The number of carbonyl (C=O) groups is 3. The fraction of sp³-hybridized carbons (Fsp3) is 0.250. The van der Waals surface area contributed by atoms with Crippen LogP contribution in [-0.2, 0) is 21.7 Å². The lowest BCUT2D eigenvalue weighted by Gasteiger charge is -2.25. The highest BCUT2D eigenvalue weighted by molar-refractivity contribution is 6.31. The summed E-state index contributed by atoms with van der Waals surface area (Å²) in [7, 11) is 0. The number of rotatable bonds is 6. The predicted octanol–water partition coefficient (Wildman–Crippen LogP) is 2.81. The molecule has 1 saturated heterocycles. The zero-order valence-corrected chi connectivity index (χ0v) is 15.6. The molecule has 1 aliphatic heterocycles. The van der Waals surface area contributed by atoms with E-state index in [9.17, 15) is 14.4 Å². The van der Waals surface area contributed by atoms with Crippen LogP contribution in [0.4, 0.5) is 4.79 Å². The van der Waals surface area contributed by atoms with Gasteiger partial charge in [0.05, 0.1) is 0 Å². The van der Waals surface area contributed by atoms with E-state index in [2.05, 4.69) is 10.6 Å². The van der Waals surface area contributed by atoms with E-state index < -0.39 is 23.4 Å². The molecule has 7 heteroatoms. The number of nitrogens with zero attached hydrogens (tertiary/aromatic N) is 1. The van der Waals surface area contributed by atoms with E-state index in [1.54, 1.807) is 30.3 Å². The van der Waals surface area contributed by atoms with E-state index in [0.29, 0.717) is 17.0 Å². The van der Waals surface area contributed by atoms with Gasteiger partial charge in [0.2, 0.25) is 5.91 Å². The Bertz CT molecular complexity index is 872. The smallest absolute Gasteiger partial charge is 0.325 e. The standard InChI is InChI=1S/C20H20ClN3O3/c1-2-20(15-9-4-3-5-10-15)18(26)24(19(27)23-20)13-17(25)22-12-14-8-6-7-11-16(14)21/h3-11H,2,12-13H2,1H3,(H,22,25)(H,23,27)/t20-/m0/s1. The van der Waals surface area contributed by atoms with Gasteiger partial charge in [-0.25, -0.2) is 4.79 Å². The minimum Gasteiger partial charge on any atom is -0.350 e. The van der Waals surface area contributed by atoms with Crippen LogP contribution in [0.25, 0.3) is 0 Å². The van der Waals surface area contributed by atoms with E-state index in [0.717, 1.165) is 10.5 Å². The number of hydrogen-bond donors (Lipinski definition) is 2. The molecule has 140 valence electrons. The maximum atomic E-state index is 13.0. The lowest BCUT2D eigenvalue weighted by atomic mass is 9.87. The van der Waals surface area contributed by atoms with Crippen molar-refractivity contribution in [3.05, 3.63) is 70.7 Å². The van der Waals surface area contributed by atoms with E-state index in [1.165, 1.54) is 0 Å². The maximum Gasteiger partial charge on any atom is 0.325 e. The van der Waals surface area contributed by atoms with Crippen molar-refractivity contribution in [1.29, 1.82) is 0 Å². The van der Waals surface area contributed by atoms with E-state index >= 15 is 0 Å². The second-order valence-electron chi connectivity index (χ2n) is 6.31. The highest BCUT2D eigenvalue weighted by atomic mass is 35.5. The summed E-state index contributed by atoms with van der Waals surface area (Å²) < 4.78 is 0. The Hall–Kier alpha value is -2.86. The zero-order valence-electron chi connectivity index (χ0n) is 14.9. The molecule has 27 heavy (non-hydrogen) atoms. The third kappa shape index (κ3) is 3.66. The van der Waals surface area contributed by atoms with E-state index in [-0.39, 0.29) is 13.1 Å². The number of urea groups is 1. The first-order valence-electron chi connectivity index (χ1n) is 8.67. The lowest BCUT2D eigenvalue weighted by molar-refractivity contribution is -0.135. The summed E-state index contributed by atoms with van der Waals surface area (Å²) >= 11 is 6.07. The molecule has 4 amide bonds. The van der Waals surface area contributed by atoms with Crippen molar-refractivity contribution >= 4 is 29.4 Å². The number of halogens is 1. The Morgan fingerprint density at radius 3 is 2.44 bits per heavy atom. The molecule has 2 N–H and O–H groups in total. The van der Waals surface area contributed by atoms with Crippen LogP contribution in [0, 0.1) is 0 Å². The Morgan fingerprint density at radius 2 is 1.78 bits per heavy atom. The SMILES string of the molecule is CC[C@@]1(c2ccccc2)NC(=O)N(CC(=O)NCc2ccccc2Cl)C1=O. The molecule has 0 aromatic heterocycles. The maximum absolute atomic E-state index is 13.0. The van der Waals surface area contributed by atoms with Crippen LogP contribution in [0.2, 0.25) is 5.02 Å². The highest BCUT2D eigenvalue weighted by Crippen LogP contribution is 2.32. The van der Waals surface area contributed by atoms with Gasteiger partial charge in [0.25, 0.3) is 5.91 Å². The van der Waals surface area contributed by atoms with Gasteiger partial charge in [-0.3, -0.25) is 14.5 Å². The van der Waals surface area contributed by atoms with Gasteiger partial charge in [0, 0.05) is 11.6 Å². The molecule has 0 radical (unpaired) electrons. The molecule has 1 aliphatic rings. The van der Waals surface area contributed by atoms with Crippen LogP contribution >= 0.6 is 11.6 Å². The number of amides is 4. The average Bonchev–Trinajstić information content (AvgIpc) is 2.93. The van der Waals surface area contributed by atoms with Gasteiger partial charge < -0.3 is 10.6 Å². The van der Waals surface area contributed by atoms with Crippen molar-refractivity contribution in [1.82, 2.24) is 15.5 Å². The Morgan fingerprint density at radius 1 is 1.11 bits per heavy atom. The predicted molar refractivity (Wildman–Crippen MR) is 102 cm³/mol. The Balaban J connectivity index is 1.70. The molecule has 1 fully saturated rings. The zero-order chi connectivity index (χ0) is 19.4. The normalized spacial score (nSPS) is 19.1. The quantitative estimate of drug-likeness (QED) is 0.750. The summed E-state index contributed by atoms with van der Waals surface area (Å²) in [6.07, 6.45) is 0.388. The molecule has 0 unspecified atom stereocenters. The second kappa shape index (κ2) is 7.80. The number of benzene rings is 2. The number of nitrogens with one attached hydrogen (secondary N) is 2. The summed E-state index contributed by atoms with van der Waals surface area (Å²) in [5.41, 5.74) is 0.322. The number of imide groups is 1. The minimum atomic E-state index is -1.14. The number of carbonyl (C=O) groups excluding carboxylic acids is 3. The van der Waals surface area contributed by atoms with Gasteiger partial charge >= 0.3 is 6.03 Å². The molecule has 0 bridgehead atoms. The fourth-order valence-corrected chi connectivity index (χ4v) is 3.37. The van der Waals surface area contributed by atoms with Crippen molar-refractivity contribution in [2.24, 2.45) is 0 Å². The lowest BCUT2D eigenvalue weighted by Crippen LogP contribution is -2.44. The van der Waals surface area contributed by atoms with Gasteiger partial charge in [-0.1, -0.05) is 67.1 Å². The summed E-state index contributed by atoms with van der Waals surface area (Å²) in [4.78, 5) is 38.6. The van der Waals surface area contributed by atoms with Gasteiger partial charge in [-0.15, -0.1) is 0 Å². The van der Waals surface area contributed by atoms with Gasteiger partial charge in [0.15, 0.2) is 0 Å². The number of hydrogen-bond acceptors (Lipinski definition) is 3. The summed E-state index contributed by atoms with van der Waals surface area (Å²) in [5.74, 6) is -0.854. The van der Waals surface area contributed by atoms with E-state index in [4.69, 9.17) is 11.6 Å². The largest absolute Gasteiger partial charge is 0.350 e. The fourth-order valence-electron chi connectivity index (χ4n) is 3.17. The molecule has 1 atom stereocenters. The topological polar surface area (TPSA) is 78.5 Å². The van der Waals surface area contributed by atoms with Gasteiger partial charge in [-0.2, -0.15) is 0 Å². The Labute approximate surface area is 162 Å². The third-order valence-electron chi connectivity index (χ3n) is 4.71. The Kier molecular flexibility index (Phi) is 5.46. The second-order valence-corrected chi connectivity index (χ2v) is 6.72. The molecule has 1 heterocycles. The van der Waals surface area contributed by atoms with Crippen LogP contribution in [0.15, 0.2) is 54.6 Å². The molecule has 2 aromatic rings. The molecule has 2 aromatic carbocycles. The molecular weight excluding hydrogens is 366 g/mol. The summed E-state index contributed by atoms with van der Waals surface area (Å²) in [6, 6.07) is 15.6. The minimum absolute atomic E-state index is 0.222. The van der Waals surface area contributed by atoms with Gasteiger partial charge in [-0.05, 0) is 23.6 Å². The first kappa shape index (κ1) is 18.9. The molecule has 0 aliphatic carbocycles. The molecule has 6 nitrogen and oxygen atoms in total. The van der Waals surface area contributed by atoms with E-state index in [1.807, 2.05) is 31.2 Å². The van der Waals surface area contributed by atoms with Crippen molar-refractivity contribution in [2.75, 3.05) is 6.54 Å². The van der Waals surface area contributed by atoms with Crippen LogP contribution < -0.4 is 10.6 Å². The van der Waals surface area contributed by atoms with Crippen molar-refractivity contribution in [2.45, 2.75) is 25.4 Å². The molecule has 0 saturated carbocycles. The summed E-state index contributed by atoms with van der Waals surface area (Å²) in [5, 5.41) is 6.00. The van der Waals surface area contributed by atoms with Gasteiger partial charge in [0.1, 0.15) is 12.1 Å². The van der Waals surface area contributed by atoms with Crippen molar-refractivity contribution < 1.29 is 14.4 Å². The molecular formula is C20H20ClN3O3.